The lowest BCUT2D eigenvalue weighted by molar-refractivity contribution is -0.0688. The summed E-state index contributed by atoms with van der Waals surface area (Å²) >= 11 is 0. The Kier molecular flexibility index (Phi) is 3.66. The third-order valence-electron chi connectivity index (χ3n) is 4.30. The Bertz CT molecular complexity index is 645. The maximum atomic E-state index is 5.91. The van der Waals surface area contributed by atoms with Crippen molar-refractivity contribution in [1.29, 1.82) is 0 Å². The van der Waals surface area contributed by atoms with Crippen molar-refractivity contribution in [2.24, 2.45) is 0 Å². The molecule has 21 heavy (non-hydrogen) atoms. The van der Waals surface area contributed by atoms with Crippen molar-refractivity contribution in [3.63, 3.8) is 0 Å². The predicted molar refractivity (Wildman–Crippen MR) is 86.4 cm³/mol. The number of rotatable bonds is 3. The topological polar surface area (TPSA) is 53.1 Å². The molecule has 0 spiro atoms. The summed E-state index contributed by atoms with van der Waals surface area (Å²) < 4.78 is 8.30. The number of benzene rings is 1. The van der Waals surface area contributed by atoms with E-state index in [2.05, 4.69) is 31.4 Å². The Balaban J connectivity index is 2.08. The van der Waals surface area contributed by atoms with Crippen LogP contribution in [-0.4, -0.2) is 21.8 Å². The van der Waals surface area contributed by atoms with Gasteiger partial charge in [-0.25, -0.2) is 4.98 Å². The van der Waals surface area contributed by atoms with Gasteiger partial charge in [-0.1, -0.05) is 6.92 Å². The first-order valence-electron chi connectivity index (χ1n) is 7.90. The molecule has 0 bridgehead atoms. The van der Waals surface area contributed by atoms with Gasteiger partial charge in [0.2, 0.25) is 0 Å². The van der Waals surface area contributed by atoms with Crippen LogP contribution in [0.5, 0.6) is 0 Å². The van der Waals surface area contributed by atoms with Crippen LogP contribution in [0.3, 0.4) is 0 Å². The molecule has 4 heteroatoms. The number of nitrogen functional groups attached to an aromatic ring is 1. The molecule has 2 heterocycles. The molecule has 114 valence electrons. The van der Waals surface area contributed by atoms with E-state index in [1.54, 1.807) is 0 Å². The molecule has 1 aromatic heterocycles. The molecule has 1 aromatic carbocycles. The Morgan fingerprint density at radius 1 is 1.43 bits per heavy atom. The van der Waals surface area contributed by atoms with Crippen LogP contribution in [0, 0.1) is 0 Å². The van der Waals surface area contributed by atoms with Crippen molar-refractivity contribution in [1.82, 2.24) is 9.55 Å². The number of aromatic nitrogens is 2. The monoisotopic (exact) mass is 287 g/mol. The van der Waals surface area contributed by atoms with Crippen LogP contribution in [0.15, 0.2) is 18.2 Å². The summed E-state index contributed by atoms with van der Waals surface area (Å²) in [6.07, 6.45) is 4.19. The van der Waals surface area contributed by atoms with Crippen molar-refractivity contribution in [2.75, 3.05) is 12.3 Å². The number of nitrogens with two attached hydrogens (primary N) is 1. The zero-order valence-electron chi connectivity index (χ0n) is 13.2. The molecule has 1 aliphatic rings. The molecular weight excluding hydrogens is 262 g/mol. The maximum absolute atomic E-state index is 5.91. The summed E-state index contributed by atoms with van der Waals surface area (Å²) in [5, 5.41) is 0. The van der Waals surface area contributed by atoms with E-state index in [1.165, 1.54) is 11.3 Å². The zero-order valence-corrected chi connectivity index (χ0v) is 13.2. The van der Waals surface area contributed by atoms with E-state index < -0.39 is 0 Å². The summed E-state index contributed by atoms with van der Waals surface area (Å²) in [7, 11) is 0. The standard InChI is InChI=1S/C17H25N3O/c1-4-5-16-19-14-10-12(18)6-7-15(14)20(16)13-8-9-21-17(2,3)11-13/h6-7,10,13H,4-5,8-9,11,18H2,1-3H3. The molecule has 1 atom stereocenters. The minimum Gasteiger partial charge on any atom is -0.399 e. The molecule has 3 rings (SSSR count). The number of aryl methyl sites for hydroxylation is 1. The van der Waals surface area contributed by atoms with Crippen molar-refractivity contribution in [2.45, 2.75) is 58.1 Å². The average molecular weight is 287 g/mol. The van der Waals surface area contributed by atoms with E-state index >= 15 is 0 Å². The van der Waals surface area contributed by atoms with E-state index in [0.717, 1.165) is 43.5 Å². The Hall–Kier alpha value is -1.55. The summed E-state index contributed by atoms with van der Waals surface area (Å²) in [5.74, 6) is 1.18. The number of ether oxygens (including phenoxy) is 1. The van der Waals surface area contributed by atoms with Crippen LogP contribution in [-0.2, 0) is 11.2 Å². The first-order valence-corrected chi connectivity index (χ1v) is 7.90. The number of hydrogen-bond donors (Lipinski definition) is 1. The minimum atomic E-state index is -0.0587. The zero-order chi connectivity index (χ0) is 15.0. The second-order valence-electron chi connectivity index (χ2n) is 6.65. The Labute approximate surface area is 126 Å². The van der Waals surface area contributed by atoms with Gasteiger partial charge in [0.05, 0.1) is 16.6 Å². The third kappa shape index (κ3) is 2.77. The highest BCUT2D eigenvalue weighted by Crippen LogP contribution is 2.35. The number of fused-ring (bicyclic) bond motifs is 1. The number of imidazole rings is 1. The van der Waals surface area contributed by atoms with Gasteiger partial charge in [0.25, 0.3) is 0 Å². The highest BCUT2D eigenvalue weighted by atomic mass is 16.5. The molecule has 4 nitrogen and oxygen atoms in total. The summed E-state index contributed by atoms with van der Waals surface area (Å²) in [5.41, 5.74) is 8.85. The molecule has 1 saturated heterocycles. The molecule has 2 N–H and O–H groups in total. The van der Waals surface area contributed by atoms with E-state index in [4.69, 9.17) is 15.5 Å². The highest BCUT2D eigenvalue weighted by molar-refractivity contribution is 5.79. The summed E-state index contributed by atoms with van der Waals surface area (Å²) in [6.45, 7) is 7.37. The molecule has 0 saturated carbocycles. The lowest BCUT2D eigenvalue weighted by Crippen LogP contribution is -2.35. The largest absolute Gasteiger partial charge is 0.399 e. The smallest absolute Gasteiger partial charge is 0.110 e. The van der Waals surface area contributed by atoms with Gasteiger partial charge < -0.3 is 15.0 Å². The Morgan fingerprint density at radius 3 is 2.95 bits per heavy atom. The van der Waals surface area contributed by atoms with Crippen LogP contribution < -0.4 is 5.73 Å². The quantitative estimate of drug-likeness (QED) is 0.876. The van der Waals surface area contributed by atoms with Gasteiger partial charge in [0.15, 0.2) is 0 Å². The van der Waals surface area contributed by atoms with E-state index in [-0.39, 0.29) is 5.60 Å². The summed E-state index contributed by atoms with van der Waals surface area (Å²) in [6, 6.07) is 6.53. The average Bonchev–Trinajstić information content (AvgIpc) is 2.75. The second-order valence-corrected chi connectivity index (χ2v) is 6.65. The summed E-state index contributed by atoms with van der Waals surface area (Å²) in [4.78, 5) is 4.83. The van der Waals surface area contributed by atoms with Gasteiger partial charge in [0, 0.05) is 24.8 Å². The van der Waals surface area contributed by atoms with Crippen molar-refractivity contribution in [3.8, 4) is 0 Å². The van der Waals surface area contributed by atoms with E-state index in [0.29, 0.717) is 6.04 Å². The maximum Gasteiger partial charge on any atom is 0.110 e. The molecule has 0 amide bonds. The predicted octanol–water partition coefficient (Wildman–Crippen LogP) is 3.70. The lowest BCUT2D eigenvalue weighted by Gasteiger charge is -2.37. The minimum absolute atomic E-state index is 0.0587. The molecule has 1 unspecified atom stereocenters. The fourth-order valence-electron chi connectivity index (χ4n) is 3.39. The molecule has 1 fully saturated rings. The number of anilines is 1. The van der Waals surface area contributed by atoms with Gasteiger partial charge in [-0.3, -0.25) is 0 Å². The van der Waals surface area contributed by atoms with Crippen LogP contribution in [0.4, 0.5) is 5.69 Å². The fraction of sp³-hybridized carbons (Fsp3) is 0.588. The van der Waals surface area contributed by atoms with Gasteiger partial charge >= 0.3 is 0 Å². The highest BCUT2D eigenvalue weighted by Gasteiger charge is 2.31. The molecule has 0 aliphatic carbocycles. The molecular formula is C17H25N3O. The SMILES string of the molecule is CCCc1nc2cc(N)ccc2n1C1CCOC(C)(C)C1. The molecule has 2 aromatic rings. The second kappa shape index (κ2) is 5.34. The van der Waals surface area contributed by atoms with Crippen molar-refractivity contribution in [3.05, 3.63) is 24.0 Å². The van der Waals surface area contributed by atoms with Gasteiger partial charge in [-0.2, -0.15) is 0 Å². The van der Waals surface area contributed by atoms with Crippen LogP contribution >= 0.6 is 0 Å². The van der Waals surface area contributed by atoms with Crippen molar-refractivity contribution >= 4 is 16.7 Å². The third-order valence-corrected chi connectivity index (χ3v) is 4.30. The van der Waals surface area contributed by atoms with Gasteiger partial charge in [-0.15, -0.1) is 0 Å². The van der Waals surface area contributed by atoms with Crippen LogP contribution in [0.1, 0.15) is 51.9 Å². The first-order chi connectivity index (χ1) is 10.00. The van der Waals surface area contributed by atoms with Gasteiger partial charge in [-0.05, 0) is 51.3 Å². The number of nitrogens with zero attached hydrogens (tertiary/aromatic N) is 2. The first kappa shape index (κ1) is 14.4. The van der Waals surface area contributed by atoms with Crippen LogP contribution in [0.25, 0.3) is 11.0 Å². The lowest BCUT2D eigenvalue weighted by atomic mass is 9.93. The Morgan fingerprint density at radius 2 is 2.24 bits per heavy atom. The fourth-order valence-corrected chi connectivity index (χ4v) is 3.39. The van der Waals surface area contributed by atoms with Crippen LogP contribution in [0.2, 0.25) is 0 Å². The van der Waals surface area contributed by atoms with E-state index in [9.17, 15) is 0 Å². The van der Waals surface area contributed by atoms with Gasteiger partial charge in [0.1, 0.15) is 5.82 Å². The number of hydrogen-bond acceptors (Lipinski definition) is 3. The molecule has 1 aliphatic heterocycles. The molecule has 0 radical (unpaired) electrons. The normalized spacial score (nSPS) is 21.8. The van der Waals surface area contributed by atoms with Crippen molar-refractivity contribution < 1.29 is 4.74 Å². The van der Waals surface area contributed by atoms with E-state index in [1.807, 2.05) is 12.1 Å².